The number of rotatable bonds is 0. The molecule has 0 aromatic rings. The van der Waals surface area contributed by atoms with Gasteiger partial charge in [-0.15, -0.1) is 0 Å². The predicted octanol–water partition coefficient (Wildman–Crippen LogP) is 4.02. The van der Waals surface area contributed by atoms with Crippen LogP contribution in [0.5, 0.6) is 0 Å². The van der Waals surface area contributed by atoms with Crippen molar-refractivity contribution >= 4 is 22.9 Å². The Bertz CT molecular complexity index is 183. The Balaban J connectivity index is 1.93. The maximum Gasteiger partial charge on any atom is 0.0222 e. The van der Waals surface area contributed by atoms with Gasteiger partial charge in [-0.3, -0.25) is 0 Å². The lowest BCUT2D eigenvalue weighted by atomic mass is 9.93. The van der Waals surface area contributed by atoms with E-state index in [1.807, 2.05) is 0 Å². The van der Waals surface area contributed by atoms with Crippen LogP contribution in [0.1, 0.15) is 51.9 Å². The van der Waals surface area contributed by atoms with E-state index in [2.05, 4.69) is 32.9 Å². The molecule has 2 aliphatic rings. The normalized spacial score (nSPS) is 41.1. The highest BCUT2D eigenvalue weighted by molar-refractivity contribution is 14.1. The SMILES string of the molecule is CC1CCCC2CCN(I)C2CCC1. The van der Waals surface area contributed by atoms with Crippen LogP contribution in [-0.2, 0) is 0 Å². The van der Waals surface area contributed by atoms with E-state index in [9.17, 15) is 0 Å². The number of hydrogen-bond donors (Lipinski definition) is 0. The highest BCUT2D eigenvalue weighted by Crippen LogP contribution is 2.36. The summed E-state index contributed by atoms with van der Waals surface area (Å²) in [6, 6.07) is 0.917. The van der Waals surface area contributed by atoms with Gasteiger partial charge in [-0.1, -0.05) is 32.6 Å². The summed E-state index contributed by atoms with van der Waals surface area (Å²) in [6.45, 7) is 3.77. The second-order valence-electron chi connectivity index (χ2n) is 5.21. The van der Waals surface area contributed by atoms with E-state index in [-0.39, 0.29) is 0 Å². The maximum absolute atomic E-state index is 2.58. The molecule has 1 aliphatic heterocycles. The highest BCUT2D eigenvalue weighted by Gasteiger charge is 2.32. The molecule has 2 fully saturated rings. The van der Waals surface area contributed by atoms with Gasteiger partial charge in [0.2, 0.25) is 0 Å². The third-order valence-electron chi connectivity index (χ3n) is 4.09. The lowest BCUT2D eigenvalue weighted by Crippen LogP contribution is -2.24. The van der Waals surface area contributed by atoms with Gasteiger partial charge in [0.15, 0.2) is 0 Å². The van der Waals surface area contributed by atoms with Gasteiger partial charge in [-0.05, 0) is 31.1 Å². The minimum absolute atomic E-state index is 0.917. The van der Waals surface area contributed by atoms with Crippen molar-refractivity contribution in [1.82, 2.24) is 3.11 Å². The fourth-order valence-corrected chi connectivity index (χ4v) is 4.15. The zero-order valence-electron chi connectivity index (χ0n) is 9.21. The second-order valence-corrected chi connectivity index (χ2v) is 6.45. The monoisotopic (exact) mass is 307 g/mol. The average Bonchev–Trinajstić information content (AvgIpc) is 2.52. The Hall–Kier alpha value is 0.690. The molecule has 0 spiro atoms. The summed E-state index contributed by atoms with van der Waals surface area (Å²) in [5.41, 5.74) is 0. The van der Waals surface area contributed by atoms with E-state index in [0.717, 1.165) is 17.9 Å². The number of nitrogens with zero attached hydrogens (tertiary/aromatic N) is 1. The first kappa shape index (κ1) is 11.2. The summed E-state index contributed by atoms with van der Waals surface area (Å²) in [5, 5.41) is 0. The summed E-state index contributed by atoms with van der Waals surface area (Å²) in [5.74, 6) is 2.01. The van der Waals surface area contributed by atoms with Crippen molar-refractivity contribution in [2.75, 3.05) is 6.54 Å². The smallest absolute Gasteiger partial charge is 0.0222 e. The molecule has 1 nitrogen and oxygen atoms in total. The quantitative estimate of drug-likeness (QED) is 0.483. The van der Waals surface area contributed by atoms with Crippen LogP contribution >= 0.6 is 22.9 Å². The van der Waals surface area contributed by atoms with Crippen LogP contribution in [0.3, 0.4) is 0 Å². The Kier molecular flexibility index (Phi) is 4.11. The van der Waals surface area contributed by atoms with Crippen molar-refractivity contribution in [2.24, 2.45) is 11.8 Å². The molecule has 1 heterocycles. The maximum atomic E-state index is 2.58. The first-order valence-electron chi connectivity index (χ1n) is 6.20. The third kappa shape index (κ3) is 2.63. The van der Waals surface area contributed by atoms with Gasteiger partial charge in [0.05, 0.1) is 0 Å². The third-order valence-corrected chi connectivity index (χ3v) is 5.28. The Morgan fingerprint density at radius 3 is 2.50 bits per heavy atom. The Labute approximate surface area is 102 Å². The standard InChI is InChI=1S/C12H22IN/c1-10-4-2-6-11-8-9-14(13)12(11)7-3-5-10/h10-12H,2-9H2,1H3. The minimum Gasteiger partial charge on any atom is -0.244 e. The van der Waals surface area contributed by atoms with Crippen molar-refractivity contribution in [3.63, 3.8) is 0 Å². The van der Waals surface area contributed by atoms with Crippen molar-refractivity contribution < 1.29 is 0 Å². The van der Waals surface area contributed by atoms with E-state index in [1.165, 1.54) is 51.5 Å². The lowest BCUT2D eigenvalue weighted by molar-refractivity contribution is 0.340. The molecule has 14 heavy (non-hydrogen) atoms. The first-order chi connectivity index (χ1) is 6.77. The molecule has 0 N–H and O–H groups in total. The van der Waals surface area contributed by atoms with Gasteiger partial charge in [0.25, 0.3) is 0 Å². The van der Waals surface area contributed by atoms with E-state index in [4.69, 9.17) is 0 Å². The topological polar surface area (TPSA) is 3.24 Å². The summed E-state index contributed by atoms with van der Waals surface area (Å²) in [4.78, 5) is 0. The van der Waals surface area contributed by atoms with Crippen molar-refractivity contribution in [1.29, 1.82) is 0 Å². The van der Waals surface area contributed by atoms with Crippen LogP contribution < -0.4 is 0 Å². The van der Waals surface area contributed by atoms with Crippen molar-refractivity contribution in [3.05, 3.63) is 0 Å². The average molecular weight is 307 g/mol. The molecule has 1 aliphatic carbocycles. The molecular weight excluding hydrogens is 285 g/mol. The summed E-state index contributed by atoms with van der Waals surface area (Å²) < 4.78 is 2.58. The van der Waals surface area contributed by atoms with Gasteiger partial charge >= 0.3 is 0 Å². The van der Waals surface area contributed by atoms with E-state index in [1.54, 1.807) is 0 Å². The fraction of sp³-hybridized carbons (Fsp3) is 1.00. The van der Waals surface area contributed by atoms with Crippen LogP contribution in [0.4, 0.5) is 0 Å². The molecule has 0 bridgehead atoms. The zero-order chi connectivity index (χ0) is 9.97. The molecule has 0 amide bonds. The molecule has 0 aromatic carbocycles. The summed E-state index contributed by atoms with van der Waals surface area (Å²) >= 11 is 2.55. The van der Waals surface area contributed by atoms with Gasteiger partial charge < -0.3 is 0 Å². The van der Waals surface area contributed by atoms with E-state index >= 15 is 0 Å². The van der Waals surface area contributed by atoms with Crippen LogP contribution in [0.25, 0.3) is 0 Å². The predicted molar refractivity (Wildman–Crippen MR) is 69.5 cm³/mol. The molecule has 1 saturated carbocycles. The van der Waals surface area contributed by atoms with Gasteiger partial charge in [-0.25, -0.2) is 3.11 Å². The summed E-state index contributed by atoms with van der Waals surface area (Å²) in [7, 11) is 0. The van der Waals surface area contributed by atoms with Crippen LogP contribution in [0.2, 0.25) is 0 Å². The van der Waals surface area contributed by atoms with Crippen LogP contribution in [0, 0.1) is 11.8 Å². The molecule has 82 valence electrons. The van der Waals surface area contributed by atoms with Crippen LogP contribution in [0.15, 0.2) is 0 Å². The van der Waals surface area contributed by atoms with E-state index < -0.39 is 0 Å². The van der Waals surface area contributed by atoms with E-state index in [0.29, 0.717) is 0 Å². The van der Waals surface area contributed by atoms with Gasteiger partial charge in [0.1, 0.15) is 0 Å². The summed E-state index contributed by atoms with van der Waals surface area (Å²) in [6.07, 6.45) is 10.3. The first-order valence-corrected chi connectivity index (χ1v) is 7.16. The molecule has 0 radical (unpaired) electrons. The highest BCUT2D eigenvalue weighted by atomic mass is 127. The van der Waals surface area contributed by atoms with Crippen molar-refractivity contribution in [2.45, 2.75) is 57.9 Å². The number of fused-ring (bicyclic) bond motifs is 1. The number of hydrogen-bond acceptors (Lipinski definition) is 1. The second kappa shape index (κ2) is 5.15. The molecule has 2 rings (SSSR count). The lowest BCUT2D eigenvalue weighted by Gasteiger charge is -2.22. The molecule has 0 aromatic heterocycles. The molecular formula is C12H22IN. The molecule has 3 atom stereocenters. The number of halogens is 1. The molecule has 3 unspecified atom stereocenters. The molecule has 1 saturated heterocycles. The van der Waals surface area contributed by atoms with Gasteiger partial charge in [0, 0.05) is 35.5 Å². The molecule has 2 heteroatoms. The van der Waals surface area contributed by atoms with Crippen LogP contribution in [-0.4, -0.2) is 15.7 Å². The van der Waals surface area contributed by atoms with Gasteiger partial charge in [-0.2, -0.15) is 0 Å². The largest absolute Gasteiger partial charge is 0.244 e. The minimum atomic E-state index is 0.917. The zero-order valence-corrected chi connectivity index (χ0v) is 11.4. The fourth-order valence-electron chi connectivity index (χ4n) is 3.14. The van der Waals surface area contributed by atoms with Crippen molar-refractivity contribution in [3.8, 4) is 0 Å². The Morgan fingerprint density at radius 2 is 1.71 bits per heavy atom. The Morgan fingerprint density at radius 1 is 1.00 bits per heavy atom.